The van der Waals surface area contributed by atoms with Gasteiger partial charge in [0.05, 0.1) is 16.4 Å². The van der Waals surface area contributed by atoms with Crippen LogP contribution in [0.15, 0.2) is 29.6 Å². The van der Waals surface area contributed by atoms with Crippen LogP contribution in [0.3, 0.4) is 0 Å². The van der Waals surface area contributed by atoms with E-state index in [4.69, 9.17) is 14.2 Å². The number of hydrogen-bond acceptors (Lipinski definition) is 10. The van der Waals surface area contributed by atoms with Crippen LogP contribution in [0.4, 0.5) is 5.69 Å². The van der Waals surface area contributed by atoms with Gasteiger partial charge in [0.1, 0.15) is 12.4 Å². The molecular weight excluding hydrogens is 390 g/mol. The van der Waals surface area contributed by atoms with Crippen LogP contribution in [0.25, 0.3) is 10.7 Å². The molecule has 0 saturated carbocycles. The number of aromatic nitrogens is 4. The largest absolute Gasteiger partial charge is 0.467 e. The van der Waals surface area contributed by atoms with Gasteiger partial charge in [0.25, 0.3) is 5.69 Å². The Labute approximate surface area is 161 Å². The zero-order valence-electron chi connectivity index (χ0n) is 14.3. The van der Waals surface area contributed by atoms with E-state index < -0.39 is 10.9 Å². The Hall–Kier alpha value is -3.38. The highest BCUT2D eigenvalue weighted by atomic mass is 32.1. The summed E-state index contributed by atoms with van der Waals surface area (Å²) in [5.41, 5.74) is 0.800. The molecule has 0 fully saturated rings. The number of nitro benzene ring substituents is 1. The maximum Gasteiger partial charge on any atom is 0.330 e. The summed E-state index contributed by atoms with van der Waals surface area (Å²) in [4.78, 5) is 24.7. The van der Waals surface area contributed by atoms with Crippen LogP contribution >= 0.6 is 11.3 Å². The van der Waals surface area contributed by atoms with Gasteiger partial charge in [0.2, 0.25) is 5.82 Å². The van der Waals surface area contributed by atoms with Crippen LogP contribution in [0, 0.1) is 10.1 Å². The molecule has 0 atom stereocenters. The first-order chi connectivity index (χ1) is 13.6. The van der Waals surface area contributed by atoms with Crippen molar-refractivity contribution in [1.82, 2.24) is 20.2 Å². The van der Waals surface area contributed by atoms with Gasteiger partial charge in [-0.05, 0) is 16.7 Å². The molecule has 1 aromatic carbocycles. The van der Waals surface area contributed by atoms with Crippen LogP contribution in [0.1, 0.15) is 11.1 Å². The highest BCUT2D eigenvalue weighted by Crippen LogP contribution is 2.33. The first-order valence-corrected chi connectivity index (χ1v) is 8.96. The second-order valence-electron chi connectivity index (χ2n) is 5.74. The molecule has 0 radical (unpaired) electrons. The Bertz CT molecular complexity index is 1020. The number of carbonyl (C=O) groups is 1. The van der Waals surface area contributed by atoms with E-state index in [0.717, 1.165) is 9.67 Å². The van der Waals surface area contributed by atoms with Crippen molar-refractivity contribution in [2.24, 2.45) is 0 Å². The van der Waals surface area contributed by atoms with Gasteiger partial charge >= 0.3 is 5.97 Å². The lowest BCUT2D eigenvalue weighted by atomic mass is 10.1. The summed E-state index contributed by atoms with van der Waals surface area (Å²) in [6.45, 7) is -0.207. The number of benzene rings is 1. The summed E-state index contributed by atoms with van der Waals surface area (Å²) in [5, 5.41) is 24.8. The SMILES string of the molecule is O=C(Cn1nnc(-c2cccs2)n1)OCc1cc([N+](=O)[O-])cc2c1OCOC2. The number of esters is 1. The monoisotopic (exact) mass is 403 g/mol. The molecular formula is C16H13N5O6S. The van der Waals surface area contributed by atoms with Gasteiger partial charge < -0.3 is 14.2 Å². The fourth-order valence-electron chi connectivity index (χ4n) is 2.63. The number of hydrogen-bond donors (Lipinski definition) is 0. The van der Waals surface area contributed by atoms with Gasteiger partial charge in [-0.2, -0.15) is 4.80 Å². The molecule has 2 aromatic heterocycles. The lowest BCUT2D eigenvalue weighted by molar-refractivity contribution is -0.385. The molecule has 11 nitrogen and oxygen atoms in total. The third-order valence-electron chi connectivity index (χ3n) is 3.84. The van der Waals surface area contributed by atoms with Gasteiger partial charge in [-0.3, -0.25) is 10.1 Å². The van der Waals surface area contributed by atoms with Crippen molar-refractivity contribution in [2.75, 3.05) is 6.79 Å². The van der Waals surface area contributed by atoms with Gasteiger partial charge in [-0.1, -0.05) is 6.07 Å². The van der Waals surface area contributed by atoms with Gasteiger partial charge in [-0.25, -0.2) is 4.79 Å². The molecule has 0 aliphatic carbocycles. The average Bonchev–Trinajstić information content (AvgIpc) is 3.37. The molecule has 0 N–H and O–H groups in total. The minimum Gasteiger partial charge on any atom is -0.467 e. The third kappa shape index (κ3) is 3.82. The number of rotatable bonds is 6. The van der Waals surface area contributed by atoms with E-state index in [-0.39, 0.29) is 32.2 Å². The number of thiophene rings is 1. The van der Waals surface area contributed by atoms with Crippen LogP contribution in [0.5, 0.6) is 5.75 Å². The van der Waals surface area contributed by atoms with Gasteiger partial charge in [0, 0.05) is 23.3 Å². The first-order valence-electron chi connectivity index (χ1n) is 8.08. The van der Waals surface area contributed by atoms with Crippen molar-refractivity contribution < 1.29 is 23.9 Å². The maximum absolute atomic E-state index is 12.1. The number of ether oxygens (including phenoxy) is 3. The number of non-ortho nitro benzene ring substituents is 1. The molecule has 0 amide bonds. The summed E-state index contributed by atoms with van der Waals surface area (Å²) in [6, 6.07) is 6.41. The minimum absolute atomic E-state index is 0.0279. The zero-order valence-corrected chi connectivity index (χ0v) is 15.1. The predicted molar refractivity (Wildman–Crippen MR) is 94.3 cm³/mol. The number of tetrazole rings is 1. The lowest BCUT2D eigenvalue weighted by Gasteiger charge is -2.20. The number of nitrogens with zero attached hydrogens (tertiary/aromatic N) is 5. The van der Waals surface area contributed by atoms with Crippen molar-refractivity contribution in [3.05, 3.63) is 50.9 Å². The fraction of sp³-hybridized carbons (Fsp3) is 0.250. The van der Waals surface area contributed by atoms with E-state index in [9.17, 15) is 14.9 Å². The van der Waals surface area contributed by atoms with Crippen molar-refractivity contribution >= 4 is 23.0 Å². The van der Waals surface area contributed by atoms with Crippen LogP contribution in [0.2, 0.25) is 0 Å². The van der Waals surface area contributed by atoms with E-state index in [1.165, 1.54) is 23.5 Å². The number of carbonyl (C=O) groups excluding carboxylic acids is 1. The lowest BCUT2D eigenvalue weighted by Crippen LogP contribution is -2.17. The standard InChI is InChI=1S/C16H13N5O6S/c22-14(6-20-18-16(17-19-20)13-2-1-3-28-13)26-8-11-5-12(21(23)24)4-10-7-25-9-27-15(10)11/h1-5H,6-9H2. The molecule has 3 heterocycles. The van der Waals surface area contributed by atoms with Crippen molar-refractivity contribution in [1.29, 1.82) is 0 Å². The topological polar surface area (TPSA) is 132 Å². The van der Waals surface area contributed by atoms with Crippen LogP contribution in [-0.4, -0.2) is 37.9 Å². The quantitative estimate of drug-likeness (QED) is 0.344. The van der Waals surface area contributed by atoms with E-state index in [1.54, 1.807) is 0 Å². The molecule has 0 bridgehead atoms. The molecule has 12 heteroatoms. The predicted octanol–water partition coefficient (Wildman–Crippen LogP) is 1.92. The minimum atomic E-state index is -0.609. The Morgan fingerprint density at radius 1 is 1.43 bits per heavy atom. The highest BCUT2D eigenvalue weighted by molar-refractivity contribution is 7.13. The van der Waals surface area contributed by atoms with E-state index >= 15 is 0 Å². The second kappa shape index (κ2) is 7.70. The van der Waals surface area contributed by atoms with Crippen LogP contribution < -0.4 is 4.74 Å². The molecule has 3 aromatic rings. The van der Waals surface area contributed by atoms with E-state index in [2.05, 4.69) is 15.4 Å². The van der Waals surface area contributed by atoms with Gasteiger partial charge in [-0.15, -0.1) is 21.5 Å². The first kappa shape index (κ1) is 18.0. The summed E-state index contributed by atoms with van der Waals surface area (Å²) in [5.74, 6) is 0.245. The van der Waals surface area contributed by atoms with Crippen molar-refractivity contribution in [3.63, 3.8) is 0 Å². The summed E-state index contributed by atoms with van der Waals surface area (Å²) in [7, 11) is 0. The normalized spacial score (nSPS) is 12.9. The highest BCUT2D eigenvalue weighted by Gasteiger charge is 2.22. The van der Waals surface area contributed by atoms with Crippen LogP contribution in [-0.2, 0) is 34.0 Å². The molecule has 1 aliphatic heterocycles. The Balaban J connectivity index is 1.43. The number of nitro groups is 1. The van der Waals surface area contributed by atoms with Crippen molar-refractivity contribution in [2.45, 2.75) is 19.8 Å². The van der Waals surface area contributed by atoms with Crippen molar-refractivity contribution in [3.8, 4) is 16.5 Å². The molecule has 4 rings (SSSR count). The van der Waals surface area contributed by atoms with E-state index in [1.807, 2.05) is 17.5 Å². The Morgan fingerprint density at radius 3 is 3.11 bits per heavy atom. The average molecular weight is 403 g/mol. The van der Waals surface area contributed by atoms with Gasteiger partial charge in [0.15, 0.2) is 13.3 Å². The molecule has 1 aliphatic rings. The third-order valence-corrected chi connectivity index (χ3v) is 4.70. The summed E-state index contributed by atoms with van der Waals surface area (Å²) >= 11 is 1.46. The molecule has 0 saturated heterocycles. The molecule has 0 unspecified atom stereocenters. The van der Waals surface area contributed by atoms with E-state index in [0.29, 0.717) is 22.7 Å². The summed E-state index contributed by atoms with van der Waals surface area (Å²) in [6.07, 6.45) is 0. The second-order valence-corrected chi connectivity index (χ2v) is 6.69. The zero-order chi connectivity index (χ0) is 19.5. The number of fused-ring (bicyclic) bond motifs is 1. The fourth-order valence-corrected chi connectivity index (χ4v) is 3.28. The molecule has 144 valence electrons. The molecule has 28 heavy (non-hydrogen) atoms. The Kier molecular flexibility index (Phi) is 4.95. The molecule has 0 spiro atoms. The smallest absolute Gasteiger partial charge is 0.330 e. The maximum atomic E-state index is 12.1. The summed E-state index contributed by atoms with van der Waals surface area (Å²) < 4.78 is 15.8. The Morgan fingerprint density at radius 2 is 2.32 bits per heavy atom.